The van der Waals surface area contributed by atoms with Crippen LogP contribution in [0, 0.1) is 0 Å². The van der Waals surface area contributed by atoms with Gasteiger partial charge in [0.2, 0.25) is 5.91 Å². The van der Waals surface area contributed by atoms with Crippen LogP contribution in [-0.2, 0) is 11.2 Å². The molecule has 0 bridgehead atoms. The number of rotatable bonds is 3. The van der Waals surface area contributed by atoms with Crippen LogP contribution in [0.2, 0.25) is 0 Å². The van der Waals surface area contributed by atoms with Gasteiger partial charge in [-0.05, 0) is 25.0 Å². The number of hydrogen-bond donors (Lipinski definition) is 1. The lowest BCUT2D eigenvalue weighted by atomic mass is 10.1. The van der Waals surface area contributed by atoms with Crippen molar-refractivity contribution in [3.05, 3.63) is 23.8 Å². The lowest BCUT2D eigenvalue weighted by Gasteiger charge is -2.23. The number of nitrogens with two attached hydrogens (primary N) is 1. The molecule has 4 nitrogen and oxygen atoms in total. The minimum absolute atomic E-state index is 0.142. The van der Waals surface area contributed by atoms with Gasteiger partial charge in [-0.25, -0.2) is 0 Å². The van der Waals surface area contributed by atoms with Crippen LogP contribution in [-0.4, -0.2) is 37.5 Å². The van der Waals surface area contributed by atoms with Crippen molar-refractivity contribution in [1.29, 1.82) is 0 Å². The summed E-state index contributed by atoms with van der Waals surface area (Å²) in [6.45, 7) is 4.02. The highest BCUT2D eigenvalue weighted by molar-refractivity contribution is 5.84. The zero-order valence-electron chi connectivity index (χ0n) is 10.4. The van der Waals surface area contributed by atoms with E-state index in [1.165, 1.54) is 5.56 Å². The first-order valence-electron chi connectivity index (χ1n) is 5.99. The Balaban J connectivity index is 2.15. The fraction of sp³-hybridized carbons (Fsp3) is 0.462. The Kier molecular flexibility index (Phi) is 3.22. The van der Waals surface area contributed by atoms with Crippen molar-refractivity contribution < 1.29 is 4.79 Å². The quantitative estimate of drug-likeness (QED) is 0.796. The summed E-state index contributed by atoms with van der Waals surface area (Å²) in [5, 5.41) is 0. The van der Waals surface area contributed by atoms with Crippen LogP contribution >= 0.6 is 0 Å². The molecule has 2 N–H and O–H groups in total. The molecule has 0 saturated heterocycles. The highest BCUT2D eigenvalue weighted by atomic mass is 16.2. The van der Waals surface area contributed by atoms with Gasteiger partial charge in [-0.15, -0.1) is 0 Å². The second-order valence-corrected chi connectivity index (χ2v) is 4.43. The fourth-order valence-corrected chi connectivity index (χ4v) is 2.18. The normalized spacial score (nSPS) is 13.6. The highest BCUT2D eigenvalue weighted by Crippen LogP contribution is 2.33. The Morgan fingerprint density at radius 3 is 3.00 bits per heavy atom. The molecule has 1 aromatic rings. The number of nitrogens with zero attached hydrogens (tertiary/aromatic N) is 2. The van der Waals surface area contributed by atoms with Crippen LogP contribution < -0.4 is 10.6 Å². The molecule has 0 saturated carbocycles. The van der Waals surface area contributed by atoms with E-state index in [1.807, 2.05) is 26.1 Å². The zero-order chi connectivity index (χ0) is 12.4. The van der Waals surface area contributed by atoms with Crippen molar-refractivity contribution >= 4 is 17.3 Å². The van der Waals surface area contributed by atoms with Crippen LogP contribution in [0.3, 0.4) is 0 Å². The van der Waals surface area contributed by atoms with Crippen LogP contribution in [0.25, 0.3) is 0 Å². The van der Waals surface area contributed by atoms with Gasteiger partial charge in [0.25, 0.3) is 0 Å². The van der Waals surface area contributed by atoms with Crippen molar-refractivity contribution in [3.63, 3.8) is 0 Å². The molecule has 0 unspecified atom stereocenters. The smallest absolute Gasteiger partial charge is 0.241 e. The molecule has 1 amide bonds. The number of hydrogen-bond acceptors (Lipinski definition) is 3. The fourth-order valence-electron chi connectivity index (χ4n) is 2.18. The molecule has 1 aliphatic rings. The minimum atomic E-state index is 0.142. The van der Waals surface area contributed by atoms with E-state index < -0.39 is 0 Å². The molecule has 92 valence electrons. The maximum absolute atomic E-state index is 11.9. The standard InChI is InChI=1S/C13H19N3O/c1-3-15(2)12(17)9-16-8-7-10-5-4-6-11(14)13(10)16/h4-6H,3,7-9,14H2,1-2H3. The second kappa shape index (κ2) is 4.65. The summed E-state index contributed by atoms with van der Waals surface area (Å²) in [5.41, 5.74) is 9.04. The summed E-state index contributed by atoms with van der Waals surface area (Å²) in [7, 11) is 1.83. The second-order valence-electron chi connectivity index (χ2n) is 4.43. The minimum Gasteiger partial charge on any atom is -0.397 e. The van der Waals surface area contributed by atoms with Gasteiger partial charge in [-0.3, -0.25) is 4.79 Å². The average molecular weight is 233 g/mol. The van der Waals surface area contributed by atoms with E-state index in [0.717, 1.165) is 30.9 Å². The molecular formula is C13H19N3O. The Hall–Kier alpha value is -1.71. The topological polar surface area (TPSA) is 49.6 Å². The highest BCUT2D eigenvalue weighted by Gasteiger charge is 2.23. The molecule has 17 heavy (non-hydrogen) atoms. The SMILES string of the molecule is CCN(C)C(=O)CN1CCc2cccc(N)c21. The first-order valence-corrected chi connectivity index (χ1v) is 5.99. The number of carbonyl (C=O) groups excluding carboxylic acids is 1. The number of fused-ring (bicyclic) bond motifs is 1. The monoisotopic (exact) mass is 233 g/mol. The molecule has 1 aromatic carbocycles. The summed E-state index contributed by atoms with van der Waals surface area (Å²) < 4.78 is 0. The molecule has 1 aliphatic heterocycles. The van der Waals surface area contributed by atoms with Gasteiger partial charge in [-0.1, -0.05) is 12.1 Å². The molecular weight excluding hydrogens is 214 g/mol. The Morgan fingerprint density at radius 1 is 1.53 bits per heavy atom. The summed E-state index contributed by atoms with van der Waals surface area (Å²) in [5.74, 6) is 0.142. The largest absolute Gasteiger partial charge is 0.397 e. The molecule has 0 aliphatic carbocycles. The Morgan fingerprint density at radius 2 is 2.29 bits per heavy atom. The first kappa shape index (κ1) is 11.8. The molecule has 2 rings (SSSR count). The summed E-state index contributed by atoms with van der Waals surface area (Å²) in [6.07, 6.45) is 0.976. The lowest BCUT2D eigenvalue weighted by molar-refractivity contribution is -0.128. The third-order valence-corrected chi connectivity index (χ3v) is 3.34. The molecule has 0 aromatic heterocycles. The number of para-hydroxylation sites is 1. The van der Waals surface area contributed by atoms with Crippen LogP contribution in [0.1, 0.15) is 12.5 Å². The summed E-state index contributed by atoms with van der Waals surface area (Å²) in [4.78, 5) is 15.7. The van der Waals surface area contributed by atoms with Gasteiger partial charge in [0, 0.05) is 20.1 Å². The van der Waals surface area contributed by atoms with Crippen molar-refractivity contribution in [2.24, 2.45) is 0 Å². The van der Waals surface area contributed by atoms with Crippen LogP contribution in [0.15, 0.2) is 18.2 Å². The van der Waals surface area contributed by atoms with Gasteiger partial charge in [-0.2, -0.15) is 0 Å². The van der Waals surface area contributed by atoms with E-state index in [0.29, 0.717) is 6.54 Å². The van der Waals surface area contributed by atoms with E-state index >= 15 is 0 Å². The number of benzene rings is 1. The number of carbonyl (C=O) groups is 1. The van der Waals surface area contributed by atoms with E-state index in [-0.39, 0.29) is 5.91 Å². The van der Waals surface area contributed by atoms with Crippen molar-refractivity contribution in [1.82, 2.24) is 4.90 Å². The van der Waals surface area contributed by atoms with Crippen molar-refractivity contribution in [3.8, 4) is 0 Å². The predicted molar refractivity (Wildman–Crippen MR) is 70.1 cm³/mol. The Labute approximate surface area is 102 Å². The first-order chi connectivity index (χ1) is 8.13. The number of nitrogen functional groups attached to an aromatic ring is 1. The molecule has 0 fully saturated rings. The van der Waals surface area contributed by atoms with E-state index in [9.17, 15) is 4.79 Å². The average Bonchev–Trinajstić information content (AvgIpc) is 2.72. The van der Waals surface area contributed by atoms with Gasteiger partial charge in [0.05, 0.1) is 17.9 Å². The van der Waals surface area contributed by atoms with E-state index in [4.69, 9.17) is 5.73 Å². The van der Waals surface area contributed by atoms with Crippen molar-refractivity contribution in [2.45, 2.75) is 13.3 Å². The number of amides is 1. The third kappa shape index (κ3) is 2.20. The van der Waals surface area contributed by atoms with Crippen LogP contribution in [0.4, 0.5) is 11.4 Å². The van der Waals surface area contributed by atoms with Crippen LogP contribution in [0.5, 0.6) is 0 Å². The van der Waals surface area contributed by atoms with Gasteiger partial charge in [0.15, 0.2) is 0 Å². The van der Waals surface area contributed by atoms with E-state index in [2.05, 4.69) is 11.0 Å². The molecule has 1 heterocycles. The van der Waals surface area contributed by atoms with Gasteiger partial charge in [0.1, 0.15) is 0 Å². The summed E-state index contributed by atoms with van der Waals surface area (Å²) >= 11 is 0. The zero-order valence-corrected chi connectivity index (χ0v) is 10.4. The molecule has 0 spiro atoms. The van der Waals surface area contributed by atoms with Crippen molar-refractivity contribution in [2.75, 3.05) is 37.3 Å². The van der Waals surface area contributed by atoms with E-state index in [1.54, 1.807) is 4.90 Å². The maximum atomic E-state index is 11.9. The van der Waals surface area contributed by atoms with Gasteiger partial charge >= 0.3 is 0 Å². The number of anilines is 2. The Bertz CT molecular complexity index is 431. The molecule has 0 atom stereocenters. The summed E-state index contributed by atoms with van der Waals surface area (Å²) in [6, 6.07) is 5.95. The number of likely N-dealkylation sites (N-methyl/N-ethyl adjacent to an activating group) is 1. The molecule has 4 heteroatoms. The maximum Gasteiger partial charge on any atom is 0.241 e. The van der Waals surface area contributed by atoms with Gasteiger partial charge < -0.3 is 15.5 Å². The lowest BCUT2D eigenvalue weighted by Crippen LogP contribution is -2.37. The predicted octanol–water partition coefficient (Wildman–Crippen LogP) is 1.11. The third-order valence-electron chi connectivity index (χ3n) is 3.34. The molecule has 0 radical (unpaired) electrons.